The number of esters is 2. The first-order chi connectivity index (χ1) is 12.2. The lowest BCUT2D eigenvalue weighted by molar-refractivity contribution is -0.384. The number of methoxy groups -OCH3 is 1. The molecule has 142 valence electrons. The minimum absolute atomic E-state index is 0.125. The minimum Gasteiger partial charge on any atom is -0.467 e. The average Bonchev–Trinajstić information content (AvgIpc) is 2.62. The van der Waals surface area contributed by atoms with E-state index in [-0.39, 0.29) is 16.5 Å². The Labute approximate surface area is 154 Å². The van der Waals surface area contributed by atoms with Crippen LogP contribution in [0.25, 0.3) is 0 Å². The molecule has 0 heterocycles. The molecule has 0 aromatic heterocycles. The Hall–Kier alpha value is -2.68. The summed E-state index contributed by atoms with van der Waals surface area (Å²) in [5.41, 5.74) is -0.576. The minimum atomic E-state index is -0.932. The van der Waals surface area contributed by atoms with E-state index in [2.05, 4.69) is 10.1 Å². The highest BCUT2D eigenvalue weighted by molar-refractivity contribution is 6.32. The molecule has 0 bridgehead atoms. The van der Waals surface area contributed by atoms with Gasteiger partial charge < -0.3 is 14.8 Å². The van der Waals surface area contributed by atoms with Gasteiger partial charge in [0.2, 0.25) is 0 Å². The molecule has 0 spiro atoms. The van der Waals surface area contributed by atoms with Crippen LogP contribution in [0.4, 0.5) is 5.69 Å². The molecule has 0 fully saturated rings. The number of halogens is 1. The summed E-state index contributed by atoms with van der Waals surface area (Å²) < 4.78 is 9.46. The third kappa shape index (κ3) is 5.69. The van der Waals surface area contributed by atoms with Crippen molar-refractivity contribution in [2.75, 3.05) is 13.7 Å². The summed E-state index contributed by atoms with van der Waals surface area (Å²) in [6.45, 7) is 2.96. The van der Waals surface area contributed by atoms with Crippen molar-refractivity contribution in [2.45, 2.75) is 26.3 Å². The molecular weight excluding hydrogens is 368 g/mol. The average molecular weight is 387 g/mol. The van der Waals surface area contributed by atoms with E-state index >= 15 is 0 Å². The van der Waals surface area contributed by atoms with Gasteiger partial charge in [-0.2, -0.15) is 0 Å². The van der Waals surface area contributed by atoms with Gasteiger partial charge in [-0.05, 0) is 18.1 Å². The molecule has 0 saturated carbocycles. The van der Waals surface area contributed by atoms with Gasteiger partial charge in [0.15, 0.2) is 6.61 Å². The maximum atomic E-state index is 11.9. The van der Waals surface area contributed by atoms with Crippen molar-refractivity contribution in [2.24, 2.45) is 5.92 Å². The first-order valence-electron chi connectivity index (χ1n) is 7.69. The van der Waals surface area contributed by atoms with Crippen molar-refractivity contribution >= 4 is 35.1 Å². The lowest BCUT2D eigenvalue weighted by Gasteiger charge is -2.21. The molecule has 0 radical (unpaired) electrons. The van der Waals surface area contributed by atoms with Crippen LogP contribution in [-0.2, 0) is 19.1 Å². The predicted octanol–water partition coefficient (Wildman–Crippen LogP) is 2.11. The Morgan fingerprint density at radius 1 is 1.35 bits per heavy atom. The number of nitrogens with one attached hydrogen (secondary N) is 1. The highest BCUT2D eigenvalue weighted by atomic mass is 35.5. The topological polar surface area (TPSA) is 125 Å². The van der Waals surface area contributed by atoms with Crippen LogP contribution in [0.2, 0.25) is 5.02 Å². The Morgan fingerprint density at radius 3 is 2.54 bits per heavy atom. The molecule has 1 rings (SSSR count). The normalized spacial score (nSPS) is 12.6. The number of nitro groups is 1. The molecule has 9 nitrogen and oxygen atoms in total. The van der Waals surface area contributed by atoms with E-state index in [4.69, 9.17) is 16.3 Å². The standard InChI is InChI=1S/C16H19ClN2O7/c1-4-9(2)14(16(22)25-3)18-13(20)8-26-15(21)10-5-6-11(17)12(7-10)19(23)24/h5-7,9,14H,4,8H2,1-3H3,(H,18,20)/t9-,14-/m0/s1. The molecule has 1 amide bonds. The molecule has 0 aliphatic rings. The maximum Gasteiger partial charge on any atom is 0.338 e. The van der Waals surface area contributed by atoms with Crippen LogP contribution in [0.3, 0.4) is 0 Å². The predicted molar refractivity (Wildman–Crippen MR) is 91.8 cm³/mol. The lowest BCUT2D eigenvalue weighted by atomic mass is 9.99. The van der Waals surface area contributed by atoms with Crippen molar-refractivity contribution < 1.29 is 28.8 Å². The molecule has 0 saturated heterocycles. The molecule has 1 aromatic rings. The first kappa shape index (κ1) is 21.4. The zero-order chi connectivity index (χ0) is 19.9. The smallest absolute Gasteiger partial charge is 0.338 e. The van der Waals surface area contributed by atoms with E-state index in [9.17, 15) is 24.5 Å². The van der Waals surface area contributed by atoms with Crippen LogP contribution in [0.1, 0.15) is 30.6 Å². The third-order valence-electron chi connectivity index (χ3n) is 3.70. The second-order valence-corrected chi connectivity index (χ2v) is 5.86. The molecular formula is C16H19ClN2O7. The van der Waals surface area contributed by atoms with Gasteiger partial charge in [-0.1, -0.05) is 31.9 Å². The molecule has 1 aromatic carbocycles. The van der Waals surface area contributed by atoms with E-state index < -0.39 is 41.1 Å². The lowest BCUT2D eigenvalue weighted by Crippen LogP contribution is -2.47. The van der Waals surface area contributed by atoms with Crippen molar-refractivity contribution in [3.8, 4) is 0 Å². The Bertz CT molecular complexity index is 708. The Balaban J connectivity index is 2.72. The fraction of sp³-hybridized carbons (Fsp3) is 0.438. The summed E-state index contributed by atoms with van der Waals surface area (Å²) in [4.78, 5) is 45.7. The van der Waals surface area contributed by atoms with E-state index in [0.29, 0.717) is 6.42 Å². The van der Waals surface area contributed by atoms with Gasteiger partial charge in [0, 0.05) is 6.07 Å². The molecule has 0 aliphatic carbocycles. The summed E-state index contributed by atoms with van der Waals surface area (Å²) in [6, 6.07) is 2.52. The number of carbonyl (C=O) groups excluding carboxylic acids is 3. The van der Waals surface area contributed by atoms with Crippen molar-refractivity contribution in [1.82, 2.24) is 5.32 Å². The summed E-state index contributed by atoms with van der Waals surface area (Å²) in [6.07, 6.45) is 0.619. The Kier molecular flexibility index (Phi) is 7.98. The second-order valence-electron chi connectivity index (χ2n) is 5.45. The van der Waals surface area contributed by atoms with Gasteiger partial charge in [0.1, 0.15) is 11.1 Å². The van der Waals surface area contributed by atoms with Crippen molar-refractivity contribution in [1.29, 1.82) is 0 Å². The van der Waals surface area contributed by atoms with Crippen LogP contribution in [0, 0.1) is 16.0 Å². The van der Waals surface area contributed by atoms with Crippen molar-refractivity contribution in [3.05, 3.63) is 38.9 Å². The molecule has 0 unspecified atom stereocenters. The molecule has 0 aliphatic heterocycles. The van der Waals surface area contributed by atoms with E-state index in [0.717, 1.165) is 6.07 Å². The highest BCUT2D eigenvalue weighted by Gasteiger charge is 2.27. The van der Waals surface area contributed by atoms with Gasteiger partial charge in [0.05, 0.1) is 17.6 Å². The number of amides is 1. The summed E-state index contributed by atoms with van der Waals surface area (Å²) in [5.74, 6) is -2.41. The zero-order valence-corrected chi connectivity index (χ0v) is 15.2. The van der Waals surface area contributed by atoms with Gasteiger partial charge in [-0.3, -0.25) is 14.9 Å². The molecule has 1 N–H and O–H groups in total. The summed E-state index contributed by atoms with van der Waals surface area (Å²) >= 11 is 5.67. The number of hydrogen-bond donors (Lipinski definition) is 1. The quantitative estimate of drug-likeness (QED) is 0.412. The Morgan fingerprint density at radius 2 is 2.00 bits per heavy atom. The van der Waals surface area contributed by atoms with E-state index in [1.54, 1.807) is 6.92 Å². The fourth-order valence-electron chi connectivity index (χ4n) is 2.01. The summed E-state index contributed by atoms with van der Waals surface area (Å²) in [7, 11) is 1.21. The number of hydrogen-bond acceptors (Lipinski definition) is 7. The number of nitro benzene ring substituents is 1. The second kappa shape index (κ2) is 9.71. The van der Waals surface area contributed by atoms with E-state index in [1.165, 1.54) is 19.2 Å². The van der Waals surface area contributed by atoms with Gasteiger partial charge >= 0.3 is 11.9 Å². The molecule has 10 heteroatoms. The number of rotatable bonds is 8. The van der Waals surface area contributed by atoms with Gasteiger partial charge in [-0.15, -0.1) is 0 Å². The number of ether oxygens (including phenoxy) is 2. The summed E-state index contributed by atoms with van der Waals surface area (Å²) in [5, 5.41) is 13.1. The van der Waals surface area contributed by atoms with Gasteiger partial charge in [-0.25, -0.2) is 9.59 Å². The third-order valence-corrected chi connectivity index (χ3v) is 4.02. The van der Waals surface area contributed by atoms with Crippen LogP contribution in [0.5, 0.6) is 0 Å². The van der Waals surface area contributed by atoms with Crippen LogP contribution >= 0.6 is 11.6 Å². The van der Waals surface area contributed by atoms with Gasteiger partial charge in [0.25, 0.3) is 11.6 Å². The molecule has 2 atom stereocenters. The van der Waals surface area contributed by atoms with Crippen LogP contribution < -0.4 is 5.32 Å². The first-order valence-corrected chi connectivity index (χ1v) is 8.07. The highest BCUT2D eigenvalue weighted by Crippen LogP contribution is 2.25. The van der Waals surface area contributed by atoms with E-state index in [1.807, 2.05) is 6.92 Å². The monoisotopic (exact) mass is 386 g/mol. The van der Waals surface area contributed by atoms with Crippen molar-refractivity contribution in [3.63, 3.8) is 0 Å². The SMILES string of the molecule is CC[C@H](C)[C@H](NC(=O)COC(=O)c1ccc(Cl)c([N+](=O)[O-])c1)C(=O)OC. The maximum absolute atomic E-state index is 11.9. The molecule has 26 heavy (non-hydrogen) atoms. The number of carbonyl (C=O) groups is 3. The number of benzene rings is 1. The zero-order valence-electron chi connectivity index (χ0n) is 14.5. The van der Waals surface area contributed by atoms with Crippen LogP contribution in [0.15, 0.2) is 18.2 Å². The van der Waals surface area contributed by atoms with Crippen LogP contribution in [-0.4, -0.2) is 42.5 Å². The largest absolute Gasteiger partial charge is 0.467 e. The number of nitrogens with zero attached hydrogens (tertiary/aromatic N) is 1. The fourth-order valence-corrected chi connectivity index (χ4v) is 2.19.